The van der Waals surface area contributed by atoms with Gasteiger partial charge >= 0.3 is 0 Å². The fraction of sp³-hybridized carbons (Fsp3) is 0.700. The summed E-state index contributed by atoms with van der Waals surface area (Å²) in [6.45, 7) is 7.46. The van der Waals surface area contributed by atoms with E-state index in [1.165, 1.54) is 37.8 Å². The minimum absolute atomic E-state index is 0.252. The zero-order valence-corrected chi connectivity index (χ0v) is 15.1. The third kappa shape index (κ3) is 4.04. The lowest BCUT2D eigenvalue weighted by Crippen LogP contribution is -2.53. The average molecular weight is 342 g/mol. The number of pyridine rings is 1. The van der Waals surface area contributed by atoms with E-state index in [-0.39, 0.29) is 5.92 Å². The van der Waals surface area contributed by atoms with Crippen molar-refractivity contribution in [1.82, 2.24) is 19.7 Å². The fourth-order valence-electron chi connectivity index (χ4n) is 4.53. The molecule has 0 spiro atoms. The normalized spacial score (nSPS) is 26.4. The smallest absolute Gasteiger partial charge is 0.226 e. The number of piperidine rings is 2. The van der Waals surface area contributed by atoms with Crippen molar-refractivity contribution in [3.05, 3.63) is 30.1 Å². The first-order chi connectivity index (χ1) is 12.3. The predicted octanol–water partition coefficient (Wildman–Crippen LogP) is 1.99. The minimum atomic E-state index is 0.252. The minimum Gasteiger partial charge on any atom is -0.342 e. The van der Waals surface area contributed by atoms with E-state index in [0.29, 0.717) is 11.9 Å². The number of likely N-dealkylation sites (tertiary alicyclic amines) is 3. The van der Waals surface area contributed by atoms with Crippen molar-refractivity contribution in [3.8, 4) is 0 Å². The number of carbonyl (C=O) groups excluding carboxylic acids is 1. The van der Waals surface area contributed by atoms with E-state index < -0.39 is 0 Å². The van der Waals surface area contributed by atoms with Gasteiger partial charge in [0.05, 0.1) is 5.92 Å². The van der Waals surface area contributed by atoms with Crippen LogP contribution in [0.2, 0.25) is 0 Å². The molecule has 3 fully saturated rings. The lowest BCUT2D eigenvalue weighted by atomic mass is 9.92. The lowest BCUT2D eigenvalue weighted by Gasteiger charge is -2.43. The van der Waals surface area contributed by atoms with E-state index in [0.717, 1.165) is 45.7 Å². The summed E-state index contributed by atoms with van der Waals surface area (Å²) in [7, 11) is 0. The molecule has 3 aliphatic heterocycles. The summed E-state index contributed by atoms with van der Waals surface area (Å²) >= 11 is 0. The highest BCUT2D eigenvalue weighted by molar-refractivity contribution is 5.79. The number of hydrogen-bond donors (Lipinski definition) is 0. The molecule has 0 N–H and O–H groups in total. The van der Waals surface area contributed by atoms with E-state index in [4.69, 9.17) is 0 Å². The highest BCUT2D eigenvalue weighted by atomic mass is 16.2. The highest BCUT2D eigenvalue weighted by Gasteiger charge is 2.34. The first-order valence-electron chi connectivity index (χ1n) is 9.94. The van der Waals surface area contributed by atoms with Crippen LogP contribution in [-0.2, 0) is 11.3 Å². The molecule has 3 saturated heterocycles. The number of aromatic nitrogens is 1. The third-order valence-electron chi connectivity index (χ3n) is 6.17. The molecule has 4 heterocycles. The van der Waals surface area contributed by atoms with Gasteiger partial charge in [0.1, 0.15) is 0 Å². The van der Waals surface area contributed by atoms with Crippen LogP contribution in [0, 0.1) is 5.92 Å². The van der Waals surface area contributed by atoms with Gasteiger partial charge in [-0.1, -0.05) is 6.07 Å². The Kier molecular flexibility index (Phi) is 5.32. The molecule has 1 aromatic heterocycles. The van der Waals surface area contributed by atoms with Crippen LogP contribution in [0.15, 0.2) is 24.5 Å². The number of rotatable bonds is 4. The second-order valence-corrected chi connectivity index (χ2v) is 7.88. The van der Waals surface area contributed by atoms with Gasteiger partial charge in [-0.25, -0.2) is 0 Å². The van der Waals surface area contributed by atoms with Crippen LogP contribution in [-0.4, -0.2) is 70.9 Å². The molecule has 0 radical (unpaired) electrons. The van der Waals surface area contributed by atoms with E-state index in [9.17, 15) is 4.79 Å². The van der Waals surface area contributed by atoms with Crippen LogP contribution in [0.25, 0.3) is 0 Å². The van der Waals surface area contributed by atoms with Gasteiger partial charge < -0.3 is 4.90 Å². The Balaban J connectivity index is 1.26. The van der Waals surface area contributed by atoms with Crippen molar-refractivity contribution in [2.45, 2.75) is 44.7 Å². The fourth-order valence-corrected chi connectivity index (χ4v) is 4.53. The molecule has 0 bridgehead atoms. The van der Waals surface area contributed by atoms with Crippen molar-refractivity contribution >= 4 is 5.91 Å². The maximum atomic E-state index is 12.5. The van der Waals surface area contributed by atoms with Crippen LogP contribution in [0.5, 0.6) is 0 Å². The summed E-state index contributed by atoms with van der Waals surface area (Å²) in [5, 5.41) is 0. The van der Waals surface area contributed by atoms with Crippen LogP contribution < -0.4 is 0 Å². The van der Waals surface area contributed by atoms with Gasteiger partial charge in [-0.2, -0.15) is 0 Å². The predicted molar refractivity (Wildman–Crippen MR) is 98.0 cm³/mol. The van der Waals surface area contributed by atoms with Crippen molar-refractivity contribution in [1.29, 1.82) is 0 Å². The summed E-state index contributed by atoms with van der Waals surface area (Å²) in [5.41, 5.74) is 1.30. The molecule has 3 aliphatic rings. The Bertz CT molecular complexity index is 566. The second-order valence-electron chi connectivity index (χ2n) is 7.88. The molecule has 0 unspecified atom stereocenters. The Labute approximate surface area is 151 Å². The maximum absolute atomic E-state index is 12.5. The van der Waals surface area contributed by atoms with Crippen molar-refractivity contribution in [2.24, 2.45) is 5.92 Å². The molecule has 1 aromatic rings. The molecule has 1 atom stereocenters. The average Bonchev–Trinajstić information content (AvgIpc) is 2.62. The lowest BCUT2D eigenvalue weighted by molar-refractivity contribution is -0.141. The largest absolute Gasteiger partial charge is 0.342 e. The number of nitrogens with zero attached hydrogens (tertiary/aromatic N) is 4. The molecule has 25 heavy (non-hydrogen) atoms. The molecular formula is C20H30N4O. The molecule has 5 nitrogen and oxygen atoms in total. The number of carbonyl (C=O) groups is 1. The molecular weight excluding hydrogens is 312 g/mol. The summed E-state index contributed by atoms with van der Waals surface area (Å²) in [4.78, 5) is 24.0. The Morgan fingerprint density at radius 1 is 1.08 bits per heavy atom. The van der Waals surface area contributed by atoms with Gasteiger partial charge in [0.15, 0.2) is 0 Å². The first kappa shape index (κ1) is 17.0. The van der Waals surface area contributed by atoms with Gasteiger partial charge in [0.2, 0.25) is 5.91 Å². The summed E-state index contributed by atoms with van der Waals surface area (Å²) < 4.78 is 0. The maximum Gasteiger partial charge on any atom is 0.226 e. The molecule has 0 aliphatic carbocycles. The monoisotopic (exact) mass is 342 g/mol. The van der Waals surface area contributed by atoms with Crippen molar-refractivity contribution < 1.29 is 4.79 Å². The number of amides is 1. The van der Waals surface area contributed by atoms with Crippen LogP contribution in [0.3, 0.4) is 0 Å². The van der Waals surface area contributed by atoms with E-state index >= 15 is 0 Å². The van der Waals surface area contributed by atoms with Gasteiger partial charge in [0, 0.05) is 44.6 Å². The number of hydrogen-bond acceptors (Lipinski definition) is 4. The van der Waals surface area contributed by atoms with Gasteiger partial charge in [-0.05, 0) is 63.4 Å². The highest BCUT2D eigenvalue weighted by Crippen LogP contribution is 2.26. The van der Waals surface area contributed by atoms with Crippen molar-refractivity contribution in [2.75, 3.05) is 39.3 Å². The molecule has 5 heteroatoms. The Hall–Kier alpha value is -1.46. The van der Waals surface area contributed by atoms with E-state index in [2.05, 4.69) is 25.8 Å². The van der Waals surface area contributed by atoms with E-state index in [1.807, 2.05) is 18.5 Å². The van der Waals surface area contributed by atoms with Gasteiger partial charge in [-0.15, -0.1) is 0 Å². The molecule has 136 valence electrons. The summed E-state index contributed by atoms with van der Waals surface area (Å²) in [6.07, 6.45) is 9.73. The van der Waals surface area contributed by atoms with Crippen LogP contribution >= 0.6 is 0 Å². The Morgan fingerprint density at radius 2 is 1.92 bits per heavy atom. The molecule has 4 rings (SSSR count). The van der Waals surface area contributed by atoms with Crippen LogP contribution in [0.4, 0.5) is 0 Å². The van der Waals surface area contributed by atoms with Crippen LogP contribution in [0.1, 0.15) is 37.7 Å². The van der Waals surface area contributed by atoms with Gasteiger partial charge in [0.25, 0.3) is 0 Å². The molecule has 1 amide bonds. The zero-order valence-electron chi connectivity index (χ0n) is 15.1. The Morgan fingerprint density at radius 3 is 2.60 bits per heavy atom. The molecule has 0 saturated carbocycles. The summed E-state index contributed by atoms with van der Waals surface area (Å²) in [6, 6.07) is 4.85. The summed E-state index contributed by atoms with van der Waals surface area (Å²) in [5.74, 6) is 0.674. The van der Waals surface area contributed by atoms with E-state index in [1.54, 1.807) is 0 Å². The third-order valence-corrected chi connectivity index (χ3v) is 6.17. The molecule has 0 aromatic carbocycles. The first-order valence-corrected chi connectivity index (χ1v) is 9.94. The van der Waals surface area contributed by atoms with Crippen molar-refractivity contribution in [3.63, 3.8) is 0 Å². The topological polar surface area (TPSA) is 39.7 Å². The van der Waals surface area contributed by atoms with Gasteiger partial charge in [-0.3, -0.25) is 19.6 Å². The zero-order chi connectivity index (χ0) is 17.1. The standard InChI is InChI=1S/C20H30N4O/c25-20(23-10-3-11-23)18-5-2-9-24(16-18)19-6-12-22(13-7-19)15-17-4-1-8-21-14-17/h1,4,8,14,18-19H,2-3,5-7,9-13,15-16H2/t18-/m0/s1. The SMILES string of the molecule is O=C([C@H]1CCCN(C2CCN(Cc3cccnc3)CC2)C1)N1CCC1. The second kappa shape index (κ2) is 7.83. The quantitative estimate of drug-likeness (QED) is 0.839.